The molecule has 120 valence electrons. The first-order valence-electron chi connectivity index (χ1n) is 6.36. The molecule has 3 N–H and O–H groups in total. The van der Waals surface area contributed by atoms with Gasteiger partial charge in [-0.25, -0.2) is 4.79 Å². The maximum Gasteiger partial charge on any atom is 0.325 e. The summed E-state index contributed by atoms with van der Waals surface area (Å²) < 4.78 is 5.11. The number of nitro benzene ring substituents is 1. The van der Waals surface area contributed by atoms with E-state index in [-0.39, 0.29) is 17.1 Å². The minimum Gasteiger partial charge on any atom is -0.477 e. The highest BCUT2D eigenvalue weighted by atomic mass is 16.6. The first-order valence-corrected chi connectivity index (χ1v) is 6.36. The second kappa shape index (κ2) is 6.56. The Labute approximate surface area is 128 Å². The van der Waals surface area contributed by atoms with E-state index in [4.69, 9.17) is 4.74 Å². The van der Waals surface area contributed by atoms with Gasteiger partial charge in [0, 0.05) is 12.3 Å². The second-order valence-corrected chi connectivity index (χ2v) is 4.55. The van der Waals surface area contributed by atoms with Crippen LogP contribution in [-0.2, 0) is 4.79 Å². The van der Waals surface area contributed by atoms with Crippen LogP contribution in [0.15, 0.2) is 34.0 Å². The molecule has 0 spiro atoms. The standard InChI is InChI=1S/C13H12N4O6/c1-7-2-3-10(9(4-7)17(21)22)23-6-11(18)15-8-5-14-13(20)16-12(8)19/h2-5H,6H2,1H3,(H,15,18)(H2,14,16,19,20). The Morgan fingerprint density at radius 2 is 2.13 bits per heavy atom. The van der Waals surface area contributed by atoms with E-state index in [0.29, 0.717) is 5.56 Å². The largest absolute Gasteiger partial charge is 0.477 e. The number of ether oxygens (including phenoxy) is 1. The molecule has 0 bridgehead atoms. The Kier molecular flexibility index (Phi) is 4.55. The molecule has 0 saturated carbocycles. The van der Waals surface area contributed by atoms with E-state index in [1.54, 1.807) is 13.0 Å². The summed E-state index contributed by atoms with van der Waals surface area (Å²) >= 11 is 0. The molecular formula is C13H12N4O6. The minimum atomic E-state index is -0.775. The summed E-state index contributed by atoms with van der Waals surface area (Å²) in [4.78, 5) is 48.4. The van der Waals surface area contributed by atoms with Crippen LogP contribution in [0, 0.1) is 17.0 Å². The molecule has 0 aliphatic rings. The first kappa shape index (κ1) is 15.9. The van der Waals surface area contributed by atoms with Crippen molar-refractivity contribution in [1.29, 1.82) is 0 Å². The highest BCUT2D eigenvalue weighted by Crippen LogP contribution is 2.27. The molecule has 0 unspecified atom stereocenters. The van der Waals surface area contributed by atoms with Crippen LogP contribution in [0.25, 0.3) is 0 Å². The van der Waals surface area contributed by atoms with Crippen molar-refractivity contribution in [2.45, 2.75) is 6.92 Å². The lowest BCUT2D eigenvalue weighted by atomic mass is 10.2. The van der Waals surface area contributed by atoms with Crippen LogP contribution in [0.4, 0.5) is 11.4 Å². The summed E-state index contributed by atoms with van der Waals surface area (Å²) in [5, 5.41) is 13.2. The van der Waals surface area contributed by atoms with Crippen LogP contribution < -0.4 is 21.3 Å². The summed E-state index contributed by atoms with van der Waals surface area (Å²) in [5.74, 6) is -0.774. The lowest BCUT2D eigenvalue weighted by Gasteiger charge is -2.07. The number of anilines is 1. The third-order valence-electron chi connectivity index (χ3n) is 2.76. The number of H-pyrrole nitrogens is 2. The molecule has 1 heterocycles. The fourth-order valence-corrected chi connectivity index (χ4v) is 1.72. The van der Waals surface area contributed by atoms with Crippen molar-refractivity contribution >= 4 is 17.3 Å². The van der Waals surface area contributed by atoms with Crippen LogP contribution in [-0.4, -0.2) is 27.4 Å². The number of carbonyl (C=O) groups is 1. The Balaban J connectivity index is 2.06. The van der Waals surface area contributed by atoms with Gasteiger partial charge in [0.25, 0.3) is 11.5 Å². The highest BCUT2D eigenvalue weighted by Gasteiger charge is 2.16. The molecule has 0 aliphatic carbocycles. The van der Waals surface area contributed by atoms with Crippen LogP contribution >= 0.6 is 0 Å². The molecule has 1 amide bonds. The van der Waals surface area contributed by atoms with Gasteiger partial charge in [0.05, 0.1) is 4.92 Å². The molecule has 0 radical (unpaired) electrons. The van der Waals surface area contributed by atoms with Gasteiger partial charge in [-0.1, -0.05) is 6.07 Å². The SMILES string of the molecule is Cc1ccc(OCC(=O)Nc2c[nH]c(=O)[nH]c2=O)c([N+](=O)[O-])c1. The molecule has 2 aromatic rings. The topological polar surface area (TPSA) is 147 Å². The smallest absolute Gasteiger partial charge is 0.325 e. The zero-order chi connectivity index (χ0) is 17.0. The van der Waals surface area contributed by atoms with Gasteiger partial charge in [0.15, 0.2) is 12.4 Å². The fraction of sp³-hybridized carbons (Fsp3) is 0.154. The number of carbonyl (C=O) groups excluding carboxylic acids is 1. The molecule has 10 nitrogen and oxygen atoms in total. The molecule has 1 aromatic carbocycles. The van der Waals surface area contributed by atoms with Crippen molar-refractivity contribution in [1.82, 2.24) is 9.97 Å². The third-order valence-corrected chi connectivity index (χ3v) is 2.76. The van der Waals surface area contributed by atoms with Gasteiger partial charge in [-0.3, -0.25) is 24.7 Å². The Hall–Kier alpha value is -3.43. The van der Waals surface area contributed by atoms with Crippen molar-refractivity contribution in [3.05, 3.63) is 60.9 Å². The van der Waals surface area contributed by atoms with E-state index in [1.807, 2.05) is 4.98 Å². The number of aromatic nitrogens is 2. The van der Waals surface area contributed by atoms with E-state index in [2.05, 4.69) is 10.3 Å². The lowest BCUT2D eigenvalue weighted by Crippen LogP contribution is -2.28. The summed E-state index contributed by atoms with van der Waals surface area (Å²) in [6.45, 7) is 1.15. The van der Waals surface area contributed by atoms with Crippen molar-refractivity contribution in [3.8, 4) is 5.75 Å². The molecular weight excluding hydrogens is 308 g/mol. The summed E-state index contributed by atoms with van der Waals surface area (Å²) in [6, 6.07) is 4.31. The molecule has 10 heteroatoms. The molecule has 0 fully saturated rings. The average Bonchev–Trinajstić information content (AvgIpc) is 2.48. The van der Waals surface area contributed by atoms with E-state index >= 15 is 0 Å². The quantitative estimate of drug-likeness (QED) is 0.533. The van der Waals surface area contributed by atoms with Crippen molar-refractivity contribution < 1.29 is 14.5 Å². The molecule has 0 saturated heterocycles. The monoisotopic (exact) mass is 320 g/mol. The van der Waals surface area contributed by atoms with E-state index in [0.717, 1.165) is 6.20 Å². The highest BCUT2D eigenvalue weighted by molar-refractivity contribution is 5.91. The van der Waals surface area contributed by atoms with E-state index < -0.39 is 28.7 Å². The van der Waals surface area contributed by atoms with E-state index in [9.17, 15) is 24.5 Å². The van der Waals surface area contributed by atoms with Gasteiger partial charge in [-0.2, -0.15) is 0 Å². The third kappa shape index (κ3) is 4.03. The predicted molar refractivity (Wildman–Crippen MR) is 79.6 cm³/mol. The lowest BCUT2D eigenvalue weighted by molar-refractivity contribution is -0.385. The van der Waals surface area contributed by atoms with Gasteiger partial charge in [0.1, 0.15) is 5.69 Å². The predicted octanol–water partition coefficient (Wildman–Crippen LogP) is 0.297. The van der Waals surface area contributed by atoms with Gasteiger partial charge >= 0.3 is 11.4 Å². The van der Waals surface area contributed by atoms with E-state index in [1.165, 1.54) is 12.1 Å². The number of aromatic amines is 2. The first-order chi connectivity index (χ1) is 10.9. The van der Waals surface area contributed by atoms with Crippen LogP contribution in [0.3, 0.4) is 0 Å². The number of nitrogens with zero attached hydrogens (tertiary/aromatic N) is 1. The number of aryl methyl sites for hydroxylation is 1. The number of nitrogens with one attached hydrogen (secondary N) is 3. The van der Waals surface area contributed by atoms with Gasteiger partial charge in [0.2, 0.25) is 0 Å². The summed E-state index contributed by atoms with van der Waals surface area (Å²) in [6.07, 6.45) is 1.04. The number of hydrogen-bond acceptors (Lipinski definition) is 6. The number of rotatable bonds is 5. The number of nitro groups is 1. The van der Waals surface area contributed by atoms with Crippen molar-refractivity contribution in [3.63, 3.8) is 0 Å². The van der Waals surface area contributed by atoms with Gasteiger partial charge in [-0.05, 0) is 18.6 Å². The second-order valence-electron chi connectivity index (χ2n) is 4.55. The zero-order valence-electron chi connectivity index (χ0n) is 11.9. The minimum absolute atomic E-state index is 0.0638. The average molecular weight is 320 g/mol. The van der Waals surface area contributed by atoms with Crippen molar-refractivity contribution in [2.24, 2.45) is 0 Å². The zero-order valence-corrected chi connectivity index (χ0v) is 11.9. The summed E-state index contributed by atoms with van der Waals surface area (Å²) in [7, 11) is 0. The van der Waals surface area contributed by atoms with Crippen LogP contribution in [0.2, 0.25) is 0 Å². The van der Waals surface area contributed by atoms with Crippen LogP contribution in [0.5, 0.6) is 5.75 Å². The normalized spacial score (nSPS) is 10.1. The maximum absolute atomic E-state index is 11.7. The van der Waals surface area contributed by atoms with Crippen LogP contribution in [0.1, 0.15) is 5.56 Å². The fourth-order valence-electron chi connectivity index (χ4n) is 1.72. The van der Waals surface area contributed by atoms with Gasteiger partial charge in [-0.15, -0.1) is 0 Å². The molecule has 0 atom stereocenters. The molecule has 0 aliphatic heterocycles. The molecule has 23 heavy (non-hydrogen) atoms. The maximum atomic E-state index is 11.7. The number of hydrogen-bond donors (Lipinski definition) is 3. The van der Waals surface area contributed by atoms with Crippen molar-refractivity contribution in [2.75, 3.05) is 11.9 Å². The Morgan fingerprint density at radius 3 is 2.78 bits per heavy atom. The Morgan fingerprint density at radius 1 is 1.39 bits per heavy atom. The number of amides is 1. The van der Waals surface area contributed by atoms with Gasteiger partial charge < -0.3 is 15.0 Å². The Bertz CT molecular complexity index is 869. The molecule has 1 aromatic heterocycles. The summed E-state index contributed by atoms with van der Waals surface area (Å²) in [5.41, 5.74) is -1.24. The number of benzene rings is 1. The molecule has 2 rings (SSSR count).